The van der Waals surface area contributed by atoms with Gasteiger partial charge in [0.1, 0.15) is 16.5 Å². The van der Waals surface area contributed by atoms with Crippen LogP contribution in [0.25, 0.3) is 17.3 Å². The van der Waals surface area contributed by atoms with Crippen LogP contribution >= 0.6 is 11.3 Å². The van der Waals surface area contributed by atoms with E-state index in [0.29, 0.717) is 35.5 Å². The molecule has 7 heteroatoms. The highest BCUT2D eigenvalue weighted by Gasteiger charge is 2.17. The monoisotopic (exact) mass is 495 g/mol. The number of hydrogen-bond donors (Lipinski definition) is 1. The van der Waals surface area contributed by atoms with Crippen molar-refractivity contribution in [2.45, 2.75) is 13.3 Å². The zero-order valence-electron chi connectivity index (χ0n) is 19.8. The third-order valence-corrected chi connectivity index (χ3v) is 6.53. The number of para-hydroxylation sites is 2. The molecule has 0 radical (unpaired) electrons. The minimum atomic E-state index is -0.513. The highest BCUT2D eigenvalue weighted by Crippen LogP contribution is 2.18. The van der Waals surface area contributed by atoms with Crippen molar-refractivity contribution in [3.05, 3.63) is 116 Å². The van der Waals surface area contributed by atoms with Gasteiger partial charge in [0, 0.05) is 12.1 Å². The van der Waals surface area contributed by atoms with E-state index in [4.69, 9.17) is 4.74 Å². The molecule has 0 aliphatic heterocycles. The van der Waals surface area contributed by atoms with Crippen LogP contribution in [0.1, 0.15) is 18.1 Å². The van der Waals surface area contributed by atoms with Gasteiger partial charge >= 0.3 is 0 Å². The molecule has 3 aromatic carbocycles. The molecule has 0 atom stereocenters. The van der Waals surface area contributed by atoms with Crippen LogP contribution in [-0.4, -0.2) is 23.6 Å². The fraction of sp³-hybridized carbons (Fsp3) is 0.138. The SMILES string of the molecule is CCOc1ccccc1/C=c1\s/c(=C(/C#N)C(=O)NCCc2ccccc2)n(-c2ccccc2)c1=O. The molecule has 0 aliphatic carbocycles. The van der Waals surface area contributed by atoms with Gasteiger partial charge in [-0.2, -0.15) is 5.26 Å². The Morgan fingerprint density at radius 3 is 2.39 bits per heavy atom. The highest BCUT2D eigenvalue weighted by molar-refractivity contribution is 7.07. The Kier molecular flexibility index (Phi) is 8.12. The Balaban J connectivity index is 1.82. The first-order valence-electron chi connectivity index (χ1n) is 11.6. The Morgan fingerprint density at radius 2 is 1.69 bits per heavy atom. The van der Waals surface area contributed by atoms with Crippen LogP contribution in [0.5, 0.6) is 5.75 Å². The summed E-state index contributed by atoms with van der Waals surface area (Å²) in [5.41, 5.74) is 1.99. The van der Waals surface area contributed by atoms with Crippen LogP contribution in [0, 0.1) is 11.3 Å². The number of aromatic nitrogens is 1. The van der Waals surface area contributed by atoms with Crippen molar-refractivity contribution in [3.63, 3.8) is 0 Å². The third-order valence-electron chi connectivity index (χ3n) is 5.44. The summed E-state index contributed by atoms with van der Waals surface area (Å²) in [5, 5.41) is 12.8. The molecule has 0 bridgehead atoms. The molecule has 1 heterocycles. The fourth-order valence-corrected chi connectivity index (χ4v) is 4.83. The van der Waals surface area contributed by atoms with Gasteiger partial charge in [-0.1, -0.05) is 66.7 Å². The summed E-state index contributed by atoms with van der Waals surface area (Å²) in [6.07, 6.45) is 2.37. The second kappa shape index (κ2) is 11.8. The lowest BCUT2D eigenvalue weighted by molar-refractivity contribution is -0.115. The number of rotatable bonds is 8. The average Bonchev–Trinajstić information content (AvgIpc) is 3.22. The number of amides is 1. The fourth-order valence-electron chi connectivity index (χ4n) is 3.74. The number of carbonyl (C=O) groups excluding carboxylic acids is 1. The first-order chi connectivity index (χ1) is 17.6. The van der Waals surface area contributed by atoms with Gasteiger partial charge in [0.15, 0.2) is 5.57 Å². The van der Waals surface area contributed by atoms with Crippen LogP contribution < -0.4 is 24.8 Å². The van der Waals surface area contributed by atoms with Crippen molar-refractivity contribution in [1.82, 2.24) is 9.88 Å². The molecule has 1 N–H and O–H groups in total. The summed E-state index contributed by atoms with van der Waals surface area (Å²) in [7, 11) is 0. The van der Waals surface area contributed by atoms with E-state index in [9.17, 15) is 14.9 Å². The molecule has 1 amide bonds. The number of nitriles is 1. The third kappa shape index (κ3) is 5.62. The Hall–Kier alpha value is -4.41. The maximum atomic E-state index is 13.6. The molecule has 180 valence electrons. The van der Waals surface area contributed by atoms with E-state index in [1.165, 1.54) is 4.57 Å². The van der Waals surface area contributed by atoms with Gasteiger partial charge in [-0.05, 0) is 43.2 Å². The van der Waals surface area contributed by atoms with Crippen molar-refractivity contribution in [3.8, 4) is 17.5 Å². The molecule has 4 aromatic rings. The minimum absolute atomic E-state index is 0.105. The molecule has 0 spiro atoms. The Labute approximate surface area is 213 Å². The molecular weight excluding hydrogens is 470 g/mol. The predicted octanol–water partition coefficient (Wildman–Crippen LogP) is 3.16. The van der Waals surface area contributed by atoms with Gasteiger partial charge in [-0.3, -0.25) is 14.2 Å². The second-order valence-electron chi connectivity index (χ2n) is 7.84. The molecule has 0 fully saturated rings. The summed E-state index contributed by atoms with van der Waals surface area (Å²) in [5.74, 6) is 0.143. The standard InChI is InChI=1S/C29H25N3O3S/c1-2-35-25-16-10-9-13-22(25)19-26-28(34)32(23-14-7-4-8-15-23)29(36-26)24(20-30)27(33)31-18-17-21-11-5-3-6-12-21/h3-16,19H,2,17-18H2,1H3,(H,31,33)/b26-19-,29-24-. The van der Waals surface area contributed by atoms with Crippen molar-refractivity contribution >= 4 is 28.9 Å². The number of carbonyl (C=O) groups is 1. The number of nitrogens with zero attached hydrogens (tertiary/aromatic N) is 2. The van der Waals surface area contributed by atoms with E-state index < -0.39 is 5.91 Å². The van der Waals surface area contributed by atoms with E-state index in [0.717, 1.165) is 22.5 Å². The molecule has 0 saturated heterocycles. The van der Waals surface area contributed by atoms with Gasteiger partial charge in [-0.15, -0.1) is 11.3 Å². The highest BCUT2D eigenvalue weighted by atomic mass is 32.1. The summed E-state index contributed by atoms with van der Waals surface area (Å²) < 4.78 is 7.80. The van der Waals surface area contributed by atoms with Crippen LogP contribution in [0.4, 0.5) is 0 Å². The number of benzene rings is 3. The van der Waals surface area contributed by atoms with Crippen LogP contribution in [0.3, 0.4) is 0 Å². The van der Waals surface area contributed by atoms with E-state index in [2.05, 4.69) is 5.32 Å². The first kappa shape index (κ1) is 24.7. The van der Waals surface area contributed by atoms with Gasteiger partial charge in [0.25, 0.3) is 11.5 Å². The Morgan fingerprint density at radius 1 is 1.03 bits per heavy atom. The Bertz CT molecular complexity index is 1570. The summed E-state index contributed by atoms with van der Waals surface area (Å²) in [6, 6.07) is 28.3. The van der Waals surface area contributed by atoms with Crippen LogP contribution in [-0.2, 0) is 11.2 Å². The smallest absolute Gasteiger partial charge is 0.273 e. The molecule has 4 rings (SSSR count). The number of ether oxygens (including phenoxy) is 1. The lowest BCUT2D eigenvalue weighted by atomic mass is 10.1. The molecule has 0 saturated carbocycles. The largest absolute Gasteiger partial charge is 0.493 e. The van der Waals surface area contributed by atoms with Gasteiger partial charge in [0.05, 0.1) is 16.8 Å². The molecule has 6 nitrogen and oxygen atoms in total. The second-order valence-corrected chi connectivity index (χ2v) is 8.87. The van der Waals surface area contributed by atoms with Crippen molar-refractivity contribution in [2.75, 3.05) is 13.2 Å². The van der Waals surface area contributed by atoms with Crippen molar-refractivity contribution < 1.29 is 9.53 Å². The predicted molar refractivity (Wildman–Crippen MR) is 143 cm³/mol. The lowest BCUT2D eigenvalue weighted by Crippen LogP contribution is -2.34. The number of nitrogens with one attached hydrogen (secondary N) is 1. The normalized spacial score (nSPS) is 12.1. The quantitative estimate of drug-likeness (QED) is 0.407. The average molecular weight is 496 g/mol. The van der Waals surface area contributed by atoms with E-state index in [1.54, 1.807) is 18.2 Å². The molecule has 1 aromatic heterocycles. The summed E-state index contributed by atoms with van der Waals surface area (Å²) in [6.45, 7) is 2.76. The maximum absolute atomic E-state index is 13.6. The van der Waals surface area contributed by atoms with Crippen molar-refractivity contribution in [1.29, 1.82) is 5.26 Å². The van der Waals surface area contributed by atoms with Crippen LogP contribution in [0.15, 0.2) is 89.7 Å². The first-order valence-corrected chi connectivity index (χ1v) is 12.4. The summed E-state index contributed by atoms with van der Waals surface area (Å²) >= 11 is 1.11. The molecule has 36 heavy (non-hydrogen) atoms. The van der Waals surface area contributed by atoms with Gasteiger partial charge < -0.3 is 10.1 Å². The van der Waals surface area contributed by atoms with Gasteiger partial charge in [-0.25, -0.2) is 0 Å². The van der Waals surface area contributed by atoms with E-state index >= 15 is 0 Å². The van der Waals surface area contributed by atoms with E-state index in [-0.39, 0.29) is 15.8 Å². The van der Waals surface area contributed by atoms with E-state index in [1.807, 2.05) is 85.8 Å². The van der Waals surface area contributed by atoms with Crippen LogP contribution in [0.2, 0.25) is 0 Å². The number of thiazole rings is 1. The lowest BCUT2D eigenvalue weighted by Gasteiger charge is -2.06. The summed E-state index contributed by atoms with van der Waals surface area (Å²) in [4.78, 5) is 26.6. The zero-order chi connectivity index (χ0) is 25.3. The zero-order valence-corrected chi connectivity index (χ0v) is 20.6. The van der Waals surface area contributed by atoms with Gasteiger partial charge in [0.2, 0.25) is 0 Å². The number of hydrogen-bond acceptors (Lipinski definition) is 5. The minimum Gasteiger partial charge on any atom is -0.493 e. The molecular formula is C29H25N3O3S. The topological polar surface area (TPSA) is 84.1 Å². The van der Waals surface area contributed by atoms with Crippen molar-refractivity contribution in [2.24, 2.45) is 0 Å². The molecule has 0 aliphatic rings. The maximum Gasteiger partial charge on any atom is 0.273 e. The molecule has 0 unspecified atom stereocenters.